The summed E-state index contributed by atoms with van der Waals surface area (Å²) in [4.78, 5) is 3.88. The van der Waals surface area contributed by atoms with Gasteiger partial charge >= 0.3 is 0 Å². The van der Waals surface area contributed by atoms with E-state index in [9.17, 15) is 0 Å². The second-order valence-corrected chi connectivity index (χ2v) is 8.16. The molecular formula is C28H23N2O+. The number of nitrogens with zero attached hydrogens (tertiary/aromatic N) is 2. The van der Waals surface area contributed by atoms with E-state index in [-0.39, 0.29) is 0 Å². The zero-order valence-corrected chi connectivity index (χ0v) is 18.2. The quantitative estimate of drug-likeness (QED) is 0.225. The zero-order valence-electron chi connectivity index (χ0n) is 18.2. The van der Waals surface area contributed by atoms with E-state index in [0.717, 1.165) is 49.9 Å². The Bertz CT molecular complexity index is 1500. The summed E-state index contributed by atoms with van der Waals surface area (Å²) < 4.78 is 8.81. The van der Waals surface area contributed by atoms with Gasteiger partial charge in [0.05, 0.1) is 12.1 Å². The first kappa shape index (κ1) is 19.1. The van der Waals surface area contributed by atoms with Crippen LogP contribution in [0.3, 0.4) is 0 Å². The van der Waals surface area contributed by atoms with Crippen molar-refractivity contribution in [2.45, 2.75) is 20.8 Å². The fourth-order valence-electron chi connectivity index (χ4n) is 4.63. The summed E-state index contributed by atoms with van der Waals surface area (Å²) in [7, 11) is 2.07. The van der Waals surface area contributed by atoms with Crippen LogP contribution in [0, 0.1) is 27.3 Å². The lowest BCUT2D eigenvalue weighted by Crippen LogP contribution is -2.31. The van der Waals surface area contributed by atoms with Crippen molar-refractivity contribution >= 4 is 27.6 Å². The molecule has 0 aliphatic rings. The molecule has 0 fully saturated rings. The molecule has 0 bridgehead atoms. The molecular weight excluding hydrogens is 380 g/mol. The third kappa shape index (κ3) is 2.84. The van der Waals surface area contributed by atoms with Gasteiger partial charge in [-0.15, -0.1) is 0 Å². The molecule has 3 nitrogen and oxygen atoms in total. The second-order valence-electron chi connectivity index (χ2n) is 8.16. The molecule has 0 atom stereocenters. The van der Waals surface area contributed by atoms with Gasteiger partial charge in [-0.1, -0.05) is 48.5 Å². The van der Waals surface area contributed by atoms with Crippen LogP contribution in [0.5, 0.6) is 0 Å². The molecule has 3 heteroatoms. The maximum absolute atomic E-state index is 7.83. The van der Waals surface area contributed by atoms with Crippen molar-refractivity contribution in [2.75, 3.05) is 0 Å². The van der Waals surface area contributed by atoms with Crippen LogP contribution in [0.15, 0.2) is 71.3 Å². The standard InChI is InChI=1S/C28H23N2O/c1-17-13-14-21-22-16-19(3)25(29-4)24(20-11-7-6-8-12-20)28(22)31-27(21)23(17)26-18(2)10-9-15-30(26)5/h6-16H,1-3,5H3/q+1. The molecule has 5 rings (SSSR count). The van der Waals surface area contributed by atoms with Gasteiger partial charge in [-0.2, -0.15) is 0 Å². The number of benzene rings is 3. The van der Waals surface area contributed by atoms with E-state index in [1.807, 2.05) is 37.3 Å². The topological polar surface area (TPSA) is 21.4 Å². The SMILES string of the molecule is [C-]#[N+]c1c(C)cc2c(oc3c(-c4c(C)ccc[n+]4C)c(C)ccc32)c1-c1ccccc1. The number of hydrogen-bond acceptors (Lipinski definition) is 1. The molecule has 0 saturated heterocycles. The summed E-state index contributed by atoms with van der Waals surface area (Å²) in [6.07, 6.45) is 2.07. The lowest BCUT2D eigenvalue weighted by Gasteiger charge is -2.08. The van der Waals surface area contributed by atoms with Gasteiger partial charge in [0.15, 0.2) is 6.20 Å². The Morgan fingerprint density at radius 2 is 1.52 bits per heavy atom. The zero-order chi connectivity index (χ0) is 21.7. The molecule has 2 aromatic heterocycles. The van der Waals surface area contributed by atoms with E-state index in [0.29, 0.717) is 5.69 Å². The number of fused-ring (bicyclic) bond motifs is 3. The molecule has 5 aromatic rings. The Balaban J connectivity index is 1.98. The van der Waals surface area contributed by atoms with Gasteiger partial charge in [-0.3, -0.25) is 0 Å². The molecule has 0 N–H and O–H groups in total. The minimum absolute atomic E-state index is 0.650. The smallest absolute Gasteiger partial charge is 0.219 e. The van der Waals surface area contributed by atoms with Crippen molar-refractivity contribution in [1.82, 2.24) is 0 Å². The normalized spacial score (nSPS) is 11.2. The first-order valence-electron chi connectivity index (χ1n) is 10.4. The van der Waals surface area contributed by atoms with Gasteiger partial charge in [0.1, 0.15) is 18.2 Å². The highest BCUT2D eigenvalue weighted by Crippen LogP contribution is 2.46. The Morgan fingerprint density at radius 3 is 2.23 bits per heavy atom. The summed E-state index contributed by atoms with van der Waals surface area (Å²) in [6.45, 7) is 14.1. The Hall–Kier alpha value is -3.90. The molecule has 0 radical (unpaired) electrons. The molecule has 0 aliphatic carbocycles. The first-order valence-corrected chi connectivity index (χ1v) is 10.4. The van der Waals surface area contributed by atoms with Crippen LogP contribution in [0.2, 0.25) is 0 Å². The summed E-state index contributed by atoms with van der Waals surface area (Å²) in [5, 5.41) is 2.13. The third-order valence-corrected chi connectivity index (χ3v) is 6.10. The Kier molecular flexibility index (Phi) is 4.38. The van der Waals surface area contributed by atoms with Gasteiger partial charge in [0, 0.05) is 28.0 Å². The highest BCUT2D eigenvalue weighted by molar-refractivity contribution is 6.15. The molecule has 2 heterocycles. The molecule has 0 saturated carbocycles. The lowest BCUT2D eigenvalue weighted by atomic mass is 9.95. The number of pyridine rings is 1. The number of aromatic nitrogens is 1. The maximum Gasteiger partial charge on any atom is 0.219 e. The predicted octanol–water partition coefficient (Wildman–Crippen LogP) is 7.22. The molecule has 150 valence electrons. The molecule has 0 unspecified atom stereocenters. The highest BCUT2D eigenvalue weighted by Gasteiger charge is 2.25. The van der Waals surface area contributed by atoms with Crippen molar-refractivity contribution in [3.63, 3.8) is 0 Å². The molecule has 0 spiro atoms. The van der Waals surface area contributed by atoms with Gasteiger partial charge in [-0.05, 0) is 43.5 Å². The van der Waals surface area contributed by atoms with Crippen LogP contribution >= 0.6 is 0 Å². The summed E-state index contributed by atoms with van der Waals surface area (Å²) in [6, 6.07) is 20.7. The van der Waals surface area contributed by atoms with Gasteiger partial charge in [0.25, 0.3) is 0 Å². The van der Waals surface area contributed by atoms with E-state index in [4.69, 9.17) is 11.0 Å². The lowest BCUT2D eigenvalue weighted by molar-refractivity contribution is -0.660. The number of rotatable bonds is 2. The molecule has 0 aliphatic heterocycles. The summed E-state index contributed by atoms with van der Waals surface area (Å²) in [5.74, 6) is 0. The molecule has 3 aromatic carbocycles. The number of aryl methyl sites for hydroxylation is 4. The van der Waals surface area contributed by atoms with E-state index < -0.39 is 0 Å². The average Bonchev–Trinajstić information content (AvgIpc) is 3.12. The average molecular weight is 404 g/mol. The van der Waals surface area contributed by atoms with Crippen molar-refractivity contribution in [3.05, 3.63) is 95.0 Å². The van der Waals surface area contributed by atoms with Crippen LogP contribution in [0.25, 0.3) is 49.2 Å². The number of furan rings is 1. The fraction of sp³-hybridized carbons (Fsp3) is 0.143. The van der Waals surface area contributed by atoms with E-state index in [1.54, 1.807) is 0 Å². The third-order valence-electron chi connectivity index (χ3n) is 6.10. The van der Waals surface area contributed by atoms with Crippen molar-refractivity contribution in [2.24, 2.45) is 7.05 Å². The Labute approximate surface area is 182 Å². The van der Waals surface area contributed by atoms with Crippen molar-refractivity contribution in [1.29, 1.82) is 0 Å². The molecule has 31 heavy (non-hydrogen) atoms. The minimum Gasteiger partial charge on any atom is -0.456 e. The van der Waals surface area contributed by atoms with E-state index in [2.05, 4.69) is 66.8 Å². The summed E-state index contributed by atoms with van der Waals surface area (Å²) in [5.41, 5.74) is 9.76. The monoisotopic (exact) mass is 403 g/mol. The van der Waals surface area contributed by atoms with Gasteiger partial charge < -0.3 is 4.42 Å². The van der Waals surface area contributed by atoms with Crippen LogP contribution < -0.4 is 4.57 Å². The predicted molar refractivity (Wildman–Crippen MR) is 126 cm³/mol. The van der Waals surface area contributed by atoms with Crippen LogP contribution in [-0.2, 0) is 7.05 Å². The second kappa shape index (κ2) is 7.11. The van der Waals surface area contributed by atoms with Crippen LogP contribution in [0.4, 0.5) is 5.69 Å². The maximum atomic E-state index is 7.83. The van der Waals surface area contributed by atoms with Gasteiger partial charge in [-0.25, -0.2) is 9.41 Å². The van der Waals surface area contributed by atoms with E-state index >= 15 is 0 Å². The fourth-order valence-corrected chi connectivity index (χ4v) is 4.63. The minimum atomic E-state index is 0.650. The Morgan fingerprint density at radius 1 is 0.774 bits per heavy atom. The van der Waals surface area contributed by atoms with Crippen molar-refractivity contribution in [3.8, 4) is 22.4 Å². The van der Waals surface area contributed by atoms with E-state index in [1.165, 1.54) is 11.1 Å². The van der Waals surface area contributed by atoms with Crippen molar-refractivity contribution < 1.29 is 8.98 Å². The summed E-state index contributed by atoms with van der Waals surface area (Å²) >= 11 is 0. The van der Waals surface area contributed by atoms with Gasteiger partial charge in [0.2, 0.25) is 11.4 Å². The largest absolute Gasteiger partial charge is 0.456 e. The van der Waals surface area contributed by atoms with Crippen LogP contribution in [0.1, 0.15) is 16.7 Å². The van der Waals surface area contributed by atoms with Crippen LogP contribution in [-0.4, -0.2) is 0 Å². The number of hydrogen-bond donors (Lipinski definition) is 0. The first-order chi connectivity index (χ1) is 15.0. The highest BCUT2D eigenvalue weighted by atomic mass is 16.3. The molecule has 0 amide bonds.